The van der Waals surface area contributed by atoms with E-state index in [0.29, 0.717) is 11.5 Å². The van der Waals surface area contributed by atoms with Crippen LogP contribution in [0.3, 0.4) is 0 Å². The number of pyridine rings is 1. The largest absolute Gasteiger partial charge is 0.496 e. The van der Waals surface area contributed by atoms with Gasteiger partial charge >= 0.3 is 0 Å². The number of nitrogens with two attached hydrogens (primary N) is 1. The van der Waals surface area contributed by atoms with Gasteiger partial charge in [-0.2, -0.15) is 0 Å². The molecule has 6 heteroatoms. The Balaban J connectivity index is 2.27. The summed E-state index contributed by atoms with van der Waals surface area (Å²) in [5, 5.41) is 8.33. The number of halogens is 1. The van der Waals surface area contributed by atoms with E-state index in [9.17, 15) is 0 Å². The smallest absolute Gasteiger partial charge is 0.172 e. The van der Waals surface area contributed by atoms with Gasteiger partial charge in [-0.3, -0.25) is 4.40 Å². The number of rotatable bonds is 2. The first-order chi connectivity index (χ1) is 9.19. The number of aromatic nitrogens is 3. The zero-order chi connectivity index (χ0) is 13.4. The molecule has 0 aliphatic carbocycles. The van der Waals surface area contributed by atoms with Gasteiger partial charge in [0.05, 0.1) is 12.7 Å². The Hall–Kier alpha value is -2.08. The maximum absolute atomic E-state index is 5.81. The maximum atomic E-state index is 5.81. The highest BCUT2D eigenvalue weighted by atomic mass is 79.9. The van der Waals surface area contributed by atoms with E-state index in [2.05, 4.69) is 26.1 Å². The van der Waals surface area contributed by atoms with Gasteiger partial charge < -0.3 is 10.5 Å². The van der Waals surface area contributed by atoms with Crippen LogP contribution in [0.2, 0.25) is 0 Å². The van der Waals surface area contributed by atoms with Gasteiger partial charge in [0, 0.05) is 16.4 Å². The Morgan fingerprint density at radius 1 is 1.21 bits per heavy atom. The number of anilines is 1. The lowest BCUT2D eigenvalue weighted by Gasteiger charge is -2.07. The monoisotopic (exact) mass is 318 g/mol. The summed E-state index contributed by atoms with van der Waals surface area (Å²) in [4.78, 5) is 0. The van der Waals surface area contributed by atoms with E-state index in [4.69, 9.17) is 10.5 Å². The second-order valence-electron chi connectivity index (χ2n) is 4.06. The minimum atomic E-state index is 0.657. The van der Waals surface area contributed by atoms with Gasteiger partial charge in [-0.25, -0.2) is 0 Å². The fourth-order valence-corrected chi connectivity index (χ4v) is 2.28. The van der Waals surface area contributed by atoms with Crippen molar-refractivity contribution in [1.82, 2.24) is 14.6 Å². The minimum absolute atomic E-state index is 0.657. The van der Waals surface area contributed by atoms with Crippen LogP contribution in [0.5, 0.6) is 5.75 Å². The molecule has 0 saturated heterocycles. The summed E-state index contributed by atoms with van der Waals surface area (Å²) in [6.45, 7) is 0. The number of benzene rings is 1. The van der Waals surface area contributed by atoms with Crippen molar-refractivity contribution in [2.75, 3.05) is 12.8 Å². The van der Waals surface area contributed by atoms with Crippen LogP contribution in [0.4, 0.5) is 5.69 Å². The van der Waals surface area contributed by atoms with Gasteiger partial charge in [0.25, 0.3) is 0 Å². The lowest BCUT2D eigenvalue weighted by Crippen LogP contribution is -1.95. The highest BCUT2D eigenvalue weighted by Crippen LogP contribution is 2.31. The van der Waals surface area contributed by atoms with Crippen molar-refractivity contribution < 1.29 is 4.74 Å². The third-order valence-corrected chi connectivity index (χ3v) is 3.32. The van der Waals surface area contributed by atoms with Crippen LogP contribution >= 0.6 is 15.9 Å². The third kappa shape index (κ3) is 2.04. The normalized spacial score (nSPS) is 10.8. The maximum Gasteiger partial charge on any atom is 0.172 e. The van der Waals surface area contributed by atoms with E-state index in [-0.39, 0.29) is 0 Å². The first kappa shape index (κ1) is 12.0. The Morgan fingerprint density at radius 2 is 2.05 bits per heavy atom. The molecule has 96 valence electrons. The van der Waals surface area contributed by atoms with E-state index in [0.717, 1.165) is 21.4 Å². The molecular weight excluding hydrogens is 308 g/mol. The van der Waals surface area contributed by atoms with Crippen molar-refractivity contribution in [3.63, 3.8) is 0 Å². The molecule has 3 rings (SSSR count). The first-order valence-corrected chi connectivity index (χ1v) is 6.42. The Bertz CT molecular complexity index is 753. The molecular formula is C13H11BrN4O. The van der Waals surface area contributed by atoms with Crippen LogP contribution in [-0.4, -0.2) is 21.7 Å². The molecule has 0 unspecified atom stereocenters. The number of nitrogens with zero attached hydrogens (tertiary/aromatic N) is 3. The van der Waals surface area contributed by atoms with Gasteiger partial charge in [0.2, 0.25) is 0 Å². The number of nitrogen functional groups attached to an aromatic ring is 1. The molecule has 0 aliphatic rings. The Labute approximate surface area is 118 Å². The Kier molecular flexibility index (Phi) is 2.87. The van der Waals surface area contributed by atoms with Crippen LogP contribution in [0.1, 0.15) is 0 Å². The molecule has 3 aromatic rings. The summed E-state index contributed by atoms with van der Waals surface area (Å²) in [5.74, 6) is 1.43. The number of methoxy groups -OCH3 is 1. The van der Waals surface area contributed by atoms with E-state index >= 15 is 0 Å². The molecule has 2 N–H and O–H groups in total. The molecule has 2 aromatic heterocycles. The standard InChI is InChI=1S/C13H11BrN4O/c1-19-11-6-8(14)2-4-10(11)13-17-16-12-5-3-9(15)7-18(12)13/h2-7H,15H2,1H3. The summed E-state index contributed by atoms with van der Waals surface area (Å²) in [6.07, 6.45) is 1.80. The second-order valence-corrected chi connectivity index (χ2v) is 4.97. The number of fused-ring (bicyclic) bond motifs is 1. The predicted octanol–water partition coefficient (Wildman–Crippen LogP) is 2.75. The van der Waals surface area contributed by atoms with Crippen LogP contribution in [0, 0.1) is 0 Å². The average Bonchev–Trinajstić information content (AvgIpc) is 2.81. The minimum Gasteiger partial charge on any atom is -0.496 e. The van der Waals surface area contributed by atoms with Gasteiger partial charge in [-0.1, -0.05) is 15.9 Å². The lowest BCUT2D eigenvalue weighted by atomic mass is 10.2. The highest BCUT2D eigenvalue weighted by molar-refractivity contribution is 9.10. The molecule has 1 aromatic carbocycles. The van der Waals surface area contributed by atoms with E-state index in [1.807, 2.05) is 28.7 Å². The van der Waals surface area contributed by atoms with E-state index in [1.165, 1.54) is 0 Å². The van der Waals surface area contributed by atoms with E-state index < -0.39 is 0 Å². The van der Waals surface area contributed by atoms with Crippen LogP contribution in [0.15, 0.2) is 41.0 Å². The third-order valence-electron chi connectivity index (χ3n) is 2.83. The molecule has 0 saturated carbocycles. The van der Waals surface area contributed by atoms with Crippen molar-refractivity contribution in [2.24, 2.45) is 0 Å². The summed E-state index contributed by atoms with van der Waals surface area (Å²) < 4.78 is 8.18. The molecule has 0 atom stereocenters. The summed E-state index contributed by atoms with van der Waals surface area (Å²) in [5.41, 5.74) is 8.08. The highest BCUT2D eigenvalue weighted by Gasteiger charge is 2.13. The molecule has 0 radical (unpaired) electrons. The first-order valence-electron chi connectivity index (χ1n) is 5.63. The molecule has 19 heavy (non-hydrogen) atoms. The van der Waals surface area contributed by atoms with Gasteiger partial charge in [-0.05, 0) is 30.3 Å². The van der Waals surface area contributed by atoms with Gasteiger partial charge in [-0.15, -0.1) is 10.2 Å². The lowest BCUT2D eigenvalue weighted by molar-refractivity contribution is 0.416. The number of ether oxygens (including phenoxy) is 1. The van der Waals surface area contributed by atoms with Gasteiger partial charge in [0.15, 0.2) is 11.5 Å². The number of hydrogen-bond acceptors (Lipinski definition) is 4. The molecule has 0 bridgehead atoms. The van der Waals surface area contributed by atoms with Crippen LogP contribution in [0.25, 0.3) is 17.0 Å². The van der Waals surface area contributed by atoms with Gasteiger partial charge in [0.1, 0.15) is 5.75 Å². The average molecular weight is 319 g/mol. The van der Waals surface area contributed by atoms with Crippen molar-refractivity contribution in [1.29, 1.82) is 0 Å². The summed E-state index contributed by atoms with van der Waals surface area (Å²) in [7, 11) is 1.63. The number of hydrogen-bond donors (Lipinski definition) is 1. The Morgan fingerprint density at radius 3 is 2.84 bits per heavy atom. The molecule has 0 amide bonds. The summed E-state index contributed by atoms with van der Waals surface area (Å²) in [6, 6.07) is 9.39. The second kappa shape index (κ2) is 4.55. The molecule has 0 aliphatic heterocycles. The molecule has 0 fully saturated rings. The molecule has 2 heterocycles. The van der Waals surface area contributed by atoms with Crippen LogP contribution in [-0.2, 0) is 0 Å². The topological polar surface area (TPSA) is 65.4 Å². The SMILES string of the molecule is COc1cc(Br)ccc1-c1nnc2ccc(N)cn12. The van der Waals surface area contributed by atoms with Crippen molar-refractivity contribution in [3.8, 4) is 17.1 Å². The van der Waals surface area contributed by atoms with Crippen molar-refractivity contribution in [3.05, 3.63) is 41.0 Å². The molecule has 5 nitrogen and oxygen atoms in total. The fraction of sp³-hybridized carbons (Fsp3) is 0.0769. The zero-order valence-electron chi connectivity index (χ0n) is 10.2. The quantitative estimate of drug-likeness (QED) is 0.789. The predicted molar refractivity (Wildman–Crippen MR) is 77.1 cm³/mol. The van der Waals surface area contributed by atoms with Crippen molar-refractivity contribution in [2.45, 2.75) is 0 Å². The zero-order valence-corrected chi connectivity index (χ0v) is 11.8. The van der Waals surface area contributed by atoms with Crippen molar-refractivity contribution >= 4 is 27.3 Å². The fourth-order valence-electron chi connectivity index (χ4n) is 1.94. The molecule has 0 spiro atoms. The van der Waals surface area contributed by atoms with Crippen LogP contribution < -0.4 is 10.5 Å². The summed E-state index contributed by atoms with van der Waals surface area (Å²) >= 11 is 3.42. The van der Waals surface area contributed by atoms with E-state index in [1.54, 1.807) is 19.4 Å².